The van der Waals surface area contributed by atoms with Gasteiger partial charge in [-0.3, -0.25) is 4.79 Å². The van der Waals surface area contributed by atoms with Gasteiger partial charge >= 0.3 is 12.0 Å². The van der Waals surface area contributed by atoms with E-state index in [1.807, 2.05) is 6.07 Å². The molecule has 1 aliphatic heterocycles. The van der Waals surface area contributed by atoms with Gasteiger partial charge in [-0.1, -0.05) is 36.4 Å². The second-order valence-electron chi connectivity index (χ2n) is 5.03. The molecule has 0 saturated heterocycles. The lowest BCUT2D eigenvalue weighted by Crippen LogP contribution is -2.47. The Morgan fingerprint density at radius 3 is 2.50 bits per heavy atom. The fourth-order valence-corrected chi connectivity index (χ4v) is 3.19. The molecule has 2 aromatic rings. The molecule has 2 amide bonds. The molecule has 3 rings (SSSR count). The summed E-state index contributed by atoms with van der Waals surface area (Å²) < 4.78 is 4.73. The molecule has 1 aromatic carbocycles. The van der Waals surface area contributed by atoms with Crippen molar-refractivity contribution in [3.63, 3.8) is 0 Å². The summed E-state index contributed by atoms with van der Waals surface area (Å²) in [6.07, 6.45) is 0. The number of ether oxygens (including phenoxy) is 1. The van der Waals surface area contributed by atoms with Crippen LogP contribution in [0.3, 0.4) is 0 Å². The Labute approximate surface area is 142 Å². The molecule has 0 unspecified atom stereocenters. The number of Topliss-reactive ketones (excluding diaryl/α,β-unsaturated/α-hetero) is 1. The highest BCUT2D eigenvalue weighted by atomic mass is 32.1. The zero-order chi connectivity index (χ0) is 17.1. The van der Waals surface area contributed by atoms with Crippen molar-refractivity contribution >= 4 is 29.1 Å². The first-order valence-electron chi connectivity index (χ1n) is 7.15. The number of urea groups is 1. The second-order valence-corrected chi connectivity index (χ2v) is 5.98. The lowest BCUT2D eigenvalue weighted by Gasteiger charge is -2.28. The number of hydrogen-bond donors (Lipinski definition) is 2. The fraction of sp³-hybridized carbons (Fsp3) is 0.118. The molecule has 7 heteroatoms. The van der Waals surface area contributed by atoms with Crippen molar-refractivity contribution in [2.24, 2.45) is 0 Å². The predicted molar refractivity (Wildman–Crippen MR) is 88.5 cm³/mol. The number of carbonyl (C=O) groups excluding carboxylic acids is 3. The van der Waals surface area contributed by atoms with Crippen LogP contribution in [0, 0.1) is 0 Å². The van der Waals surface area contributed by atoms with Gasteiger partial charge in [0.05, 0.1) is 23.6 Å². The summed E-state index contributed by atoms with van der Waals surface area (Å²) >= 11 is 1.27. The summed E-state index contributed by atoms with van der Waals surface area (Å²) in [4.78, 5) is 37.5. The molecule has 2 heterocycles. The minimum absolute atomic E-state index is 0.131. The van der Waals surface area contributed by atoms with Gasteiger partial charge in [0.25, 0.3) is 0 Å². The van der Waals surface area contributed by atoms with Gasteiger partial charge in [-0.15, -0.1) is 11.3 Å². The fourth-order valence-electron chi connectivity index (χ4n) is 2.51. The number of amides is 2. The summed E-state index contributed by atoms with van der Waals surface area (Å²) in [5.74, 6) is -1.09. The molecule has 2 N–H and O–H groups in total. The standard InChI is InChI=1S/C17H14N2O4S/c1-23-16(21)14-12(15(20)11-8-5-9-24-11)13(18-17(22)19-14)10-6-3-2-4-7-10/h2-9,13H,1H3,(H2,18,19,22)/t13-/m0/s1. The van der Waals surface area contributed by atoms with Gasteiger partial charge in [0.1, 0.15) is 5.70 Å². The third-order valence-corrected chi connectivity index (χ3v) is 4.45. The normalized spacial score (nSPS) is 17.0. The van der Waals surface area contributed by atoms with E-state index in [-0.39, 0.29) is 17.1 Å². The van der Waals surface area contributed by atoms with Crippen molar-refractivity contribution in [1.29, 1.82) is 0 Å². The number of methoxy groups -OCH3 is 1. The van der Waals surface area contributed by atoms with Crippen LogP contribution in [0.15, 0.2) is 59.1 Å². The summed E-state index contributed by atoms with van der Waals surface area (Å²) in [6.45, 7) is 0. The van der Waals surface area contributed by atoms with E-state index in [2.05, 4.69) is 10.6 Å². The number of ketones is 1. The van der Waals surface area contributed by atoms with Crippen LogP contribution in [0.5, 0.6) is 0 Å². The molecule has 24 heavy (non-hydrogen) atoms. The van der Waals surface area contributed by atoms with E-state index in [9.17, 15) is 14.4 Å². The van der Waals surface area contributed by atoms with Gasteiger partial charge in [-0.25, -0.2) is 9.59 Å². The van der Waals surface area contributed by atoms with Crippen LogP contribution in [0.4, 0.5) is 4.79 Å². The van der Waals surface area contributed by atoms with Crippen molar-refractivity contribution in [1.82, 2.24) is 10.6 Å². The zero-order valence-corrected chi connectivity index (χ0v) is 13.6. The van der Waals surface area contributed by atoms with Crippen LogP contribution in [0.2, 0.25) is 0 Å². The lowest BCUT2D eigenvalue weighted by molar-refractivity contribution is -0.136. The maximum absolute atomic E-state index is 12.9. The average Bonchev–Trinajstić information content (AvgIpc) is 3.15. The monoisotopic (exact) mass is 342 g/mol. The van der Waals surface area contributed by atoms with Gasteiger partial charge in [-0.05, 0) is 17.0 Å². The molecule has 122 valence electrons. The molecule has 0 radical (unpaired) electrons. The maximum atomic E-state index is 12.9. The highest BCUT2D eigenvalue weighted by Crippen LogP contribution is 2.30. The summed E-state index contributed by atoms with van der Waals surface area (Å²) in [5.41, 5.74) is 0.734. The van der Waals surface area contributed by atoms with Crippen LogP contribution in [0.1, 0.15) is 21.3 Å². The van der Waals surface area contributed by atoms with Crippen molar-refractivity contribution < 1.29 is 19.1 Å². The van der Waals surface area contributed by atoms with Crippen LogP contribution >= 0.6 is 11.3 Å². The number of rotatable bonds is 4. The Balaban J connectivity index is 2.17. The lowest BCUT2D eigenvalue weighted by atomic mass is 9.91. The number of nitrogens with one attached hydrogen (secondary N) is 2. The zero-order valence-electron chi connectivity index (χ0n) is 12.7. The first-order chi connectivity index (χ1) is 11.6. The molecule has 0 saturated carbocycles. The number of carbonyl (C=O) groups is 3. The topological polar surface area (TPSA) is 84.5 Å². The Kier molecular flexibility index (Phi) is 4.43. The largest absolute Gasteiger partial charge is 0.464 e. The third kappa shape index (κ3) is 2.93. The Bertz CT molecular complexity index is 812. The van der Waals surface area contributed by atoms with E-state index >= 15 is 0 Å². The molecular weight excluding hydrogens is 328 g/mol. The third-order valence-electron chi connectivity index (χ3n) is 3.58. The second kappa shape index (κ2) is 6.67. The minimum atomic E-state index is -0.759. The molecule has 0 spiro atoms. The van der Waals surface area contributed by atoms with Crippen molar-refractivity contribution in [2.75, 3.05) is 7.11 Å². The van der Waals surface area contributed by atoms with E-state index in [1.54, 1.807) is 41.8 Å². The maximum Gasteiger partial charge on any atom is 0.355 e. The quantitative estimate of drug-likeness (QED) is 0.660. The summed E-state index contributed by atoms with van der Waals surface area (Å²) in [5, 5.41) is 6.88. The summed E-state index contributed by atoms with van der Waals surface area (Å²) in [6, 6.07) is 11.1. The Morgan fingerprint density at radius 1 is 1.12 bits per heavy atom. The molecule has 0 fully saturated rings. The average molecular weight is 342 g/mol. The molecule has 1 aromatic heterocycles. The highest BCUT2D eigenvalue weighted by molar-refractivity contribution is 7.12. The van der Waals surface area contributed by atoms with Crippen LogP contribution in [-0.2, 0) is 9.53 Å². The van der Waals surface area contributed by atoms with Gasteiger partial charge < -0.3 is 15.4 Å². The van der Waals surface area contributed by atoms with E-state index < -0.39 is 18.0 Å². The molecule has 0 aliphatic carbocycles. The van der Waals surface area contributed by atoms with Gasteiger partial charge in [0.15, 0.2) is 0 Å². The van der Waals surface area contributed by atoms with Crippen molar-refractivity contribution in [3.8, 4) is 0 Å². The molecule has 0 bridgehead atoms. The first kappa shape index (κ1) is 15.9. The minimum Gasteiger partial charge on any atom is -0.464 e. The molecule has 1 atom stereocenters. The SMILES string of the molecule is COC(=O)C1=C(C(=O)c2cccs2)[C@H](c2ccccc2)NC(=O)N1. The van der Waals surface area contributed by atoms with Crippen molar-refractivity contribution in [3.05, 3.63) is 69.6 Å². The van der Waals surface area contributed by atoms with E-state index in [0.717, 1.165) is 0 Å². The molecule has 6 nitrogen and oxygen atoms in total. The van der Waals surface area contributed by atoms with Crippen molar-refractivity contribution in [2.45, 2.75) is 6.04 Å². The number of hydrogen-bond acceptors (Lipinski definition) is 5. The predicted octanol–water partition coefficient (Wildman–Crippen LogP) is 2.41. The van der Waals surface area contributed by atoms with Crippen LogP contribution in [0.25, 0.3) is 0 Å². The van der Waals surface area contributed by atoms with Crippen LogP contribution < -0.4 is 10.6 Å². The van der Waals surface area contributed by atoms with Gasteiger partial charge in [-0.2, -0.15) is 0 Å². The van der Waals surface area contributed by atoms with E-state index in [4.69, 9.17) is 4.74 Å². The van der Waals surface area contributed by atoms with E-state index in [1.165, 1.54) is 18.4 Å². The summed E-state index contributed by atoms with van der Waals surface area (Å²) in [7, 11) is 1.20. The highest BCUT2D eigenvalue weighted by Gasteiger charge is 2.36. The van der Waals surface area contributed by atoms with Crippen LogP contribution in [-0.4, -0.2) is 24.9 Å². The number of benzene rings is 1. The Hall–Kier alpha value is -2.93. The number of esters is 1. The Morgan fingerprint density at radius 2 is 1.88 bits per heavy atom. The number of thiophene rings is 1. The molecular formula is C17H14N2O4S. The molecule has 1 aliphatic rings. The first-order valence-corrected chi connectivity index (χ1v) is 8.03. The van der Waals surface area contributed by atoms with E-state index in [0.29, 0.717) is 10.4 Å². The van der Waals surface area contributed by atoms with Gasteiger partial charge in [0.2, 0.25) is 5.78 Å². The van der Waals surface area contributed by atoms with Gasteiger partial charge in [0, 0.05) is 0 Å². The smallest absolute Gasteiger partial charge is 0.355 e.